The van der Waals surface area contributed by atoms with E-state index in [1.54, 1.807) is 0 Å². The summed E-state index contributed by atoms with van der Waals surface area (Å²) in [5.74, 6) is 0.325. The normalized spacial score (nSPS) is 17.4. The molecule has 0 radical (unpaired) electrons. The Bertz CT molecular complexity index is 778. The van der Waals surface area contributed by atoms with Gasteiger partial charge in [-0.05, 0) is 43.0 Å². The van der Waals surface area contributed by atoms with Gasteiger partial charge in [-0.3, -0.25) is 0 Å². The average molecular weight is 373 g/mol. The Labute approximate surface area is 161 Å². The minimum absolute atomic E-state index is 0.193. The SMILES string of the molecule is CC(C)Cn1ccc2cc(NC(=O)NC[C@@H](C)CC3(C)OCCO3)ccc21. The predicted octanol–water partition coefficient (Wildman–Crippen LogP) is 4.21. The number of rotatable bonds is 7. The van der Waals surface area contributed by atoms with Gasteiger partial charge < -0.3 is 24.7 Å². The van der Waals surface area contributed by atoms with Crippen LogP contribution in [0.5, 0.6) is 0 Å². The molecule has 0 bridgehead atoms. The van der Waals surface area contributed by atoms with Gasteiger partial charge in [0.15, 0.2) is 5.79 Å². The number of carbonyl (C=O) groups is 1. The Balaban J connectivity index is 1.51. The fourth-order valence-electron chi connectivity index (χ4n) is 3.65. The summed E-state index contributed by atoms with van der Waals surface area (Å²) in [5.41, 5.74) is 1.98. The number of hydrogen-bond acceptors (Lipinski definition) is 3. The van der Waals surface area contributed by atoms with Crippen LogP contribution in [0.1, 0.15) is 34.1 Å². The molecule has 1 aromatic carbocycles. The number of benzene rings is 1. The van der Waals surface area contributed by atoms with Gasteiger partial charge in [-0.2, -0.15) is 0 Å². The molecule has 148 valence electrons. The average Bonchev–Trinajstić information content (AvgIpc) is 3.19. The summed E-state index contributed by atoms with van der Waals surface area (Å²) in [6, 6.07) is 7.91. The van der Waals surface area contributed by atoms with Crippen LogP contribution in [0.4, 0.5) is 10.5 Å². The minimum Gasteiger partial charge on any atom is -0.348 e. The number of fused-ring (bicyclic) bond motifs is 1. The summed E-state index contributed by atoms with van der Waals surface area (Å²) in [6.07, 6.45) is 2.85. The number of aromatic nitrogens is 1. The van der Waals surface area contributed by atoms with Crippen molar-refractivity contribution in [2.24, 2.45) is 11.8 Å². The summed E-state index contributed by atoms with van der Waals surface area (Å²) in [4.78, 5) is 12.2. The summed E-state index contributed by atoms with van der Waals surface area (Å²) < 4.78 is 13.5. The maximum Gasteiger partial charge on any atom is 0.319 e. The van der Waals surface area contributed by atoms with Crippen molar-refractivity contribution in [3.05, 3.63) is 30.5 Å². The van der Waals surface area contributed by atoms with Crippen LogP contribution in [-0.4, -0.2) is 36.1 Å². The second-order valence-electron chi connectivity index (χ2n) is 8.11. The molecular formula is C21H31N3O3. The molecule has 1 aliphatic rings. The first-order chi connectivity index (χ1) is 12.8. The highest BCUT2D eigenvalue weighted by atomic mass is 16.7. The van der Waals surface area contributed by atoms with E-state index >= 15 is 0 Å². The summed E-state index contributed by atoms with van der Waals surface area (Å²) >= 11 is 0. The molecule has 27 heavy (non-hydrogen) atoms. The van der Waals surface area contributed by atoms with Crippen LogP contribution in [0.15, 0.2) is 30.5 Å². The molecule has 6 nitrogen and oxygen atoms in total. The lowest BCUT2D eigenvalue weighted by molar-refractivity contribution is -0.153. The molecular weight excluding hydrogens is 342 g/mol. The molecule has 2 N–H and O–H groups in total. The molecule has 2 amide bonds. The number of ether oxygens (including phenoxy) is 2. The van der Waals surface area contributed by atoms with E-state index in [9.17, 15) is 4.79 Å². The summed E-state index contributed by atoms with van der Waals surface area (Å²) in [6.45, 7) is 11.3. The van der Waals surface area contributed by atoms with Gasteiger partial charge in [0.25, 0.3) is 0 Å². The Hall–Kier alpha value is -2.05. The molecule has 1 fully saturated rings. The third-order valence-corrected chi connectivity index (χ3v) is 4.82. The number of nitrogens with zero attached hydrogens (tertiary/aromatic N) is 1. The van der Waals surface area contributed by atoms with Gasteiger partial charge >= 0.3 is 6.03 Å². The van der Waals surface area contributed by atoms with Gasteiger partial charge in [-0.1, -0.05) is 20.8 Å². The van der Waals surface area contributed by atoms with Crippen molar-refractivity contribution >= 4 is 22.6 Å². The Morgan fingerprint density at radius 2 is 1.96 bits per heavy atom. The highest BCUT2D eigenvalue weighted by molar-refractivity contribution is 5.92. The smallest absolute Gasteiger partial charge is 0.319 e. The second-order valence-corrected chi connectivity index (χ2v) is 8.11. The molecule has 2 heterocycles. The number of anilines is 1. The van der Waals surface area contributed by atoms with Crippen LogP contribution in [0.3, 0.4) is 0 Å². The molecule has 0 unspecified atom stereocenters. The van der Waals surface area contributed by atoms with Crippen LogP contribution >= 0.6 is 0 Å². The number of urea groups is 1. The van der Waals surface area contributed by atoms with Gasteiger partial charge in [0.05, 0.1) is 13.2 Å². The number of carbonyl (C=O) groups excluding carboxylic acids is 1. The van der Waals surface area contributed by atoms with E-state index in [0.717, 1.165) is 24.0 Å². The van der Waals surface area contributed by atoms with Gasteiger partial charge in [-0.15, -0.1) is 0 Å². The van der Waals surface area contributed by atoms with E-state index in [0.29, 0.717) is 25.7 Å². The van der Waals surface area contributed by atoms with Crippen molar-refractivity contribution in [1.29, 1.82) is 0 Å². The van der Waals surface area contributed by atoms with Crippen molar-refractivity contribution in [3.63, 3.8) is 0 Å². The highest BCUT2D eigenvalue weighted by Crippen LogP contribution is 2.26. The fourth-order valence-corrected chi connectivity index (χ4v) is 3.65. The van der Waals surface area contributed by atoms with Gasteiger partial charge in [0.1, 0.15) is 0 Å². The minimum atomic E-state index is -0.522. The van der Waals surface area contributed by atoms with E-state index in [-0.39, 0.29) is 11.9 Å². The molecule has 1 aromatic heterocycles. The first-order valence-corrected chi connectivity index (χ1v) is 9.76. The van der Waals surface area contributed by atoms with Crippen molar-refractivity contribution in [3.8, 4) is 0 Å². The second kappa shape index (κ2) is 8.31. The first-order valence-electron chi connectivity index (χ1n) is 9.76. The Kier molecular flexibility index (Phi) is 6.07. The predicted molar refractivity (Wildman–Crippen MR) is 108 cm³/mol. The van der Waals surface area contributed by atoms with Crippen LogP contribution in [0.2, 0.25) is 0 Å². The number of hydrogen-bond donors (Lipinski definition) is 2. The fraction of sp³-hybridized carbons (Fsp3) is 0.571. The maximum absolute atomic E-state index is 12.2. The molecule has 1 atom stereocenters. The van der Waals surface area contributed by atoms with E-state index in [1.165, 1.54) is 5.52 Å². The van der Waals surface area contributed by atoms with E-state index in [1.807, 2.05) is 19.1 Å². The van der Waals surface area contributed by atoms with Crippen molar-refractivity contribution < 1.29 is 14.3 Å². The molecule has 3 rings (SSSR count). The lowest BCUT2D eigenvalue weighted by Gasteiger charge is -2.26. The molecule has 0 spiro atoms. The molecule has 1 aliphatic heterocycles. The molecule has 0 aliphatic carbocycles. The molecule has 2 aromatic rings. The first kappa shape index (κ1) is 19.7. The van der Waals surface area contributed by atoms with Crippen LogP contribution in [0.25, 0.3) is 10.9 Å². The number of nitrogens with one attached hydrogen (secondary N) is 2. The summed E-state index contributed by atoms with van der Waals surface area (Å²) in [5, 5.41) is 6.99. The van der Waals surface area contributed by atoms with Crippen molar-refractivity contribution in [2.45, 2.75) is 46.4 Å². The molecule has 0 saturated carbocycles. The Morgan fingerprint density at radius 3 is 2.67 bits per heavy atom. The van der Waals surface area contributed by atoms with E-state index < -0.39 is 5.79 Å². The summed E-state index contributed by atoms with van der Waals surface area (Å²) in [7, 11) is 0. The molecule has 1 saturated heterocycles. The van der Waals surface area contributed by atoms with Gasteiger partial charge in [0, 0.05) is 42.3 Å². The highest BCUT2D eigenvalue weighted by Gasteiger charge is 2.32. The zero-order chi connectivity index (χ0) is 19.4. The van der Waals surface area contributed by atoms with Gasteiger partial charge in [0.2, 0.25) is 0 Å². The third-order valence-electron chi connectivity index (χ3n) is 4.82. The largest absolute Gasteiger partial charge is 0.348 e. The van der Waals surface area contributed by atoms with Crippen LogP contribution < -0.4 is 10.6 Å². The zero-order valence-electron chi connectivity index (χ0n) is 16.7. The van der Waals surface area contributed by atoms with Crippen LogP contribution in [-0.2, 0) is 16.0 Å². The number of amides is 2. The lowest BCUT2D eigenvalue weighted by atomic mass is 10.0. The van der Waals surface area contributed by atoms with Crippen molar-refractivity contribution in [1.82, 2.24) is 9.88 Å². The lowest BCUT2D eigenvalue weighted by Crippen LogP contribution is -2.36. The van der Waals surface area contributed by atoms with Gasteiger partial charge in [-0.25, -0.2) is 4.79 Å². The molecule has 6 heteroatoms. The third kappa shape index (κ3) is 5.23. The zero-order valence-corrected chi connectivity index (χ0v) is 16.7. The standard InChI is InChI=1S/C21H31N3O3/c1-15(2)14-24-8-7-17-11-18(5-6-19(17)24)23-20(25)22-13-16(3)12-21(4)26-9-10-27-21/h5-8,11,15-16H,9-10,12-14H2,1-4H3,(H2,22,23,25)/t16-/m0/s1. The monoisotopic (exact) mass is 373 g/mol. The quantitative estimate of drug-likeness (QED) is 0.764. The topological polar surface area (TPSA) is 64.5 Å². The van der Waals surface area contributed by atoms with E-state index in [2.05, 4.69) is 54.3 Å². The van der Waals surface area contributed by atoms with E-state index in [4.69, 9.17) is 9.47 Å². The van der Waals surface area contributed by atoms with Crippen molar-refractivity contribution in [2.75, 3.05) is 25.1 Å². The maximum atomic E-state index is 12.2. The van der Waals surface area contributed by atoms with Crippen LogP contribution in [0, 0.1) is 11.8 Å². The Morgan fingerprint density at radius 1 is 1.22 bits per heavy atom.